The lowest BCUT2D eigenvalue weighted by Gasteiger charge is -2.28. The van der Waals surface area contributed by atoms with E-state index in [-0.39, 0.29) is 114 Å². The molecular formula is C68H64F4N8O36P4S4. The summed E-state index contributed by atoms with van der Waals surface area (Å²) in [6.07, 6.45) is -24.8. The number of aldehydes is 4. The highest BCUT2D eigenvalue weighted by Gasteiger charge is 2.62. The van der Waals surface area contributed by atoms with Crippen molar-refractivity contribution in [3.05, 3.63) is 227 Å². The summed E-state index contributed by atoms with van der Waals surface area (Å²) in [6, 6.07) is 25.3. The maximum atomic E-state index is 15.8. The van der Waals surface area contributed by atoms with Crippen molar-refractivity contribution in [2.24, 2.45) is 0 Å². The molecule has 8 aliphatic rings. The molecule has 0 saturated carbocycles. The number of halogens is 4. The van der Waals surface area contributed by atoms with Crippen LogP contribution >= 0.6 is 80.2 Å². The number of alkyl halides is 4. The van der Waals surface area contributed by atoms with Gasteiger partial charge in [0.2, 0.25) is 0 Å². The van der Waals surface area contributed by atoms with E-state index in [9.17, 15) is 97.5 Å². The van der Waals surface area contributed by atoms with Gasteiger partial charge in [0.05, 0.1) is 56.9 Å². The van der Waals surface area contributed by atoms with Crippen molar-refractivity contribution in [3.63, 3.8) is 0 Å². The average molecular weight is 1900 g/mol. The second kappa shape index (κ2) is 36.8. The first-order valence-electron chi connectivity index (χ1n) is 37.8. The molecule has 4 aromatic carbocycles. The number of benzene rings is 4. The van der Waals surface area contributed by atoms with Gasteiger partial charge in [-0.15, -0.1) is 0 Å². The Balaban J connectivity index is 0.000000148. The molecule has 664 valence electrons. The zero-order valence-corrected chi connectivity index (χ0v) is 68.4. The van der Waals surface area contributed by atoms with Crippen molar-refractivity contribution in [1.82, 2.24) is 38.2 Å². The molecule has 4 saturated heterocycles. The zero-order valence-electron chi connectivity index (χ0n) is 67.6. The molecule has 0 amide bonds. The Morgan fingerprint density at radius 1 is 0.395 bits per heavy atom. The van der Waals surface area contributed by atoms with Crippen molar-refractivity contribution in [3.8, 4) is 23.0 Å². The van der Waals surface area contributed by atoms with Crippen molar-refractivity contribution in [2.45, 2.75) is 124 Å². The topological polar surface area (TPSA) is 597 Å². The summed E-state index contributed by atoms with van der Waals surface area (Å²) in [5.74, 6) is -13.9. The standard InChI is InChI=1S/4C17H16FN2O9PS/c4*18-17(8-27-30(25)26-7-9-3-1-2-4-11(9)29-30)13(23)12(22)15(28-17)20-5-10(6-21)14(31)19-16(20)24/h4*1-6,12-13,15,22-23H,7-8H2,(H,19,24,31)/t4*12-,13+,15-,17-,30?/m1111/s1/i8D2,15D;15D;8D2;. The molecule has 12 N–H and O–H groups in total. The van der Waals surface area contributed by atoms with E-state index < -0.39 is 177 Å². The highest BCUT2D eigenvalue weighted by Crippen LogP contribution is 2.60. The highest BCUT2D eigenvalue weighted by molar-refractivity contribution is 7.72. The number of H-pyrrole nitrogens is 4. The second-order valence-electron chi connectivity index (χ2n) is 26.4. The maximum absolute atomic E-state index is 15.8. The Kier molecular flexibility index (Phi) is 25.0. The number of aliphatic hydroxyl groups excluding tert-OH is 8. The van der Waals surface area contributed by atoms with Crippen LogP contribution in [-0.4, -0.2) is 203 Å². The first kappa shape index (κ1) is 84.5. The van der Waals surface area contributed by atoms with E-state index in [0.717, 1.165) is 18.6 Å². The number of aromatic nitrogens is 8. The SMILES string of the molecule is O=Cc1cn([C@@H]2O[C@](F)(COP3(=O)OCc4ccccc4O3)[C@@H](O)[C@H]2O)c(=O)[nH]c1=S.[2H]C([2H])(OP1(=O)OCc2ccccc2O1)[C@@]1(F)O[C@@H](n2cc(C=O)c(=S)[nH]c2=O)[C@H](O)[C@@H]1O.[2H]C([2H])(OP1(=O)OCc2ccccc2O1)[C@@]1(F)O[C@@]([2H])(n2cc(C=O)c(=S)[nH]c2=O)[C@H](O)[C@@H]1O.[2H][C@@]1(n2cc(C=O)c(=S)[nH]c2=O)O[C@](F)(COP2(=O)OCc3ccccc3O2)[C@@H](O)[C@H]1O. The molecule has 16 rings (SSSR count). The molecule has 0 aliphatic carbocycles. The Hall–Kier alpha value is -9.00. The Morgan fingerprint density at radius 3 is 0.960 bits per heavy atom. The average Bonchev–Trinajstić information content (AvgIpc) is 1.55. The van der Waals surface area contributed by atoms with Gasteiger partial charge < -0.3 is 77.9 Å². The predicted octanol–water partition coefficient (Wildman–Crippen LogP) is 5.47. The number of aliphatic hydroxyl groups is 8. The molecule has 12 heterocycles. The molecule has 44 nitrogen and oxygen atoms in total. The van der Waals surface area contributed by atoms with Gasteiger partial charge in [0, 0.05) is 47.0 Å². The van der Waals surface area contributed by atoms with Crippen LogP contribution in [0.5, 0.6) is 23.0 Å². The summed E-state index contributed by atoms with van der Waals surface area (Å²) < 4.78 is 242. The number of rotatable bonds is 20. The third-order valence-electron chi connectivity index (χ3n) is 18.3. The lowest BCUT2D eigenvalue weighted by atomic mass is 10.1. The fourth-order valence-electron chi connectivity index (χ4n) is 11.8. The van der Waals surface area contributed by atoms with Gasteiger partial charge in [-0.3, -0.25) is 93.6 Å². The number of para-hydroxylation sites is 4. The van der Waals surface area contributed by atoms with E-state index >= 15 is 17.6 Å². The minimum atomic E-state index is -4.83. The van der Waals surface area contributed by atoms with E-state index in [2.05, 4.69) is 19.5 Å². The number of nitrogens with zero attached hydrogens (tertiary/aromatic N) is 4. The van der Waals surface area contributed by atoms with Crippen LogP contribution in [0.3, 0.4) is 0 Å². The van der Waals surface area contributed by atoms with Crippen molar-refractivity contribution in [1.29, 1.82) is 0 Å². The van der Waals surface area contributed by atoms with Gasteiger partial charge in [-0.1, -0.05) is 122 Å². The molecule has 4 fully saturated rings. The fraction of sp³-hybridized carbons (Fsp3) is 0.353. The lowest BCUT2D eigenvalue weighted by molar-refractivity contribution is -0.205. The Labute approximate surface area is 717 Å². The van der Waals surface area contributed by atoms with Crippen LogP contribution in [0.4, 0.5) is 17.6 Å². The van der Waals surface area contributed by atoms with Crippen LogP contribution in [-0.2, 0) is 99.8 Å². The largest absolute Gasteiger partial charge is 0.530 e. The highest BCUT2D eigenvalue weighted by atomic mass is 32.1. The van der Waals surface area contributed by atoms with Crippen LogP contribution in [0.25, 0.3) is 0 Å². The van der Waals surface area contributed by atoms with Crippen molar-refractivity contribution >= 4 is 105 Å². The van der Waals surface area contributed by atoms with E-state index in [1.807, 2.05) is 4.98 Å². The predicted molar refractivity (Wildman–Crippen MR) is 411 cm³/mol. The molecule has 8 aliphatic heterocycles. The third kappa shape index (κ3) is 19.3. The van der Waals surface area contributed by atoms with E-state index in [0.29, 0.717) is 48.4 Å². The summed E-state index contributed by atoms with van der Waals surface area (Å²) >= 11 is 19.2. The van der Waals surface area contributed by atoms with Gasteiger partial charge in [-0.05, 0) is 24.3 Å². The molecule has 0 radical (unpaired) electrons. The number of phosphoric ester groups is 4. The van der Waals surface area contributed by atoms with Crippen LogP contribution < -0.4 is 40.9 Å². The summed E-state index contributed by atoms with van der Waals surface area (Å²) in [5.41, 5.74) is -3.19. The van der Waals surface area contributed by atoms with Crippen molar-refractivity contribution < 1.29 is 177 Å². The number of ether oxygens (including phenoxy) is 4. The van der Waals surface area contributed by atoms with E-state index in [4.69, 9.17) is 126 Å². The number of hydrogen-bond acceptors (Lipinski definition) is 40. The Bertz CT molecular complexity index is 6560. The van der Waals surface area contributed by atoms with Gasteiger partial charge in [-0.2, -0.15) is 0 Å². The summed E-state index contributed by atoms with van der Waals surface area (Å²) in [6.45, 7) is -10.9. The first-order chi connectivity index (χ1) is 60.8. The smallest absolute Gasteiger partial charge is 0.404 e. The minimum Gasteiger partial charge on any atom is -0.404 e. The van der Waals surface area contributed by atoms with Crippen LogP contribution in [0.15, 0.2) is 141 Å². The van der Waals surface area contributed by atoms with E-state index in [1.54, 1.807) is 66.7 Å². The molecule has 20 atom stereocenters. The first-order valence-corrected chi connectivity index (χ1v) is 42.3. The van der Waals surface area contributed by atoms with Gasteiger partial charge in [0.25, 0.3) is 23.4 Å². The molecule has 0 bridgehead atoms. The van der Waals surface area contributed by atoms with Gasteiger partial charge in [-0.25, -0.2) is 55.0 Å². The number of carbonyl (C=O) groups is 4. The molecule has 8 aromatic rings. The van der Waals surface area contributed by atoms with Crippen LogP contribution in [0, 0.1) is 18.6 Å². The van der Waals surface area contributed by atoms with Gasteiger partial charge in [0.1, 0.15) is 117 Å². The molecular weight excluding hydrogens is 1830 g/mol. The molecule has 124 heavy (non-hydrogen) atoms. The summed E-state index contributed by atoms with van der Waals surface area (Å²) in [7, 11) is -18.2. The molecule has 4 unspecified atom stereocenters. The third-order valence-corrected chi connectivity index (χ3v) is 24.6. The number of nitrogens with one attached hydrogen (secondary N) is 4. The molecule has 0 spiro atoms. The lowest BCUT2D eigenvalue weighted by Crippen LogP contribution is -2.43. The van der Waals surface area contributed by atoms with Gasteiger partial charge in [0.15, 0.2) is 50.0 Å². The van der Waals surface area contributed by atoms with Gasteiger partial charge >= 0.3 is 54.0 Å². The number of aromatic amines is 4. The molecule has 4 aromatic heterocycles. The van der Waals surface area contributed by atoms with Crippen LogP contribution in [0.2, 0.25) is 0 Å². The number of carbonyl (C=O) groups excluding carboxylic acids is 4. The fourth-order valence-corrected chi connectivity index (χ4v) is 17.2. The number of phosphoric acid groups is 4. The van der Waals surface area contributed by atoms with Crippen molar-refractivity contribution in [2.75, 3.05) is 26.3 Å². The maximum Gasteiger partial charge on any atom is 0.530 e. The van der Waals surface area contributed by atoms with E-state index in [1.165, 1.54) is 30.3 Å². The minimum absolute atomic E-state index is 0.0102. The normalized spacial score (nSPS) is 34.4. The Morgan fingerprint density at radius 2 is 0.637 bits per heavy atom. The number of fused-ring (bicyclic) bond motifs is 4. The molecule has 56 heteroatoms. The quantitative estimate of drug-likeness (QED) is 0.0195. The second-order valence-corrected chi connectivity index (χ2v) is 34.3. The monoisotopic (exact) mass is 1900 g/mol. The van der Waals surface area contributed by atoms with Crippen LogP contribution in [0.1, 0.15) is 96.8 Å². The number of hydrogen-bond donors (Lipinski definition) is 12. The summed E-state index contributed by atoms with van der Waals surface area (Å²) in [5, 5.41) is 82.2. The summed E-state index contributed by atoms with van der Waals surface area (Å²) in [4.78, 5) is 102. The zero-order chi connectivity index (χ0) is 95.0.